The van der Waals surface area contributed by atoms with Gasteiger partial charge in [0.2, 0.25) is 12.7 Å². The van der Waals surface area contributed by atoms with Crippen LogP contribution in [0.2, 0.25) is 0 Å². The van der Waals surface area contributed by atoms with Crippen LogP contribution in [0.25, 0.3) is 0 Å². The molecular formula is C26H24N4O6S. The average Bonchev–Trinajstić information content (AvgIpc) is 3.35. The van der Waals surface area contributed by atoms with E-state index in [-0.39, 0.29) is 18.1 Å². The fraction of sp³-hybridized carbons (Fsp3) is 0.192. The number of hydrogen-bond acceptors (Lipinski definition) is 7. The third-order valence-corrected chi connectivity index (χ3v) is 7.34. The van der Waals surface area contributed by atoms with E-state index in [0.717, 1.165) is 0 Å². The summed E-state index contributed by atoms with van der Waals surface area (Å²) in [5, 5.41) is 12.0. The van der Waals surface area contributed by atoms with E-state index < -0.39 is 28.0 Å². The van der Waals surface area contributed by atoms with Crippen LogP contribution in [0.4, 0.5) is 10.5 Å². The van der Waals surface area contributed by atoms with Crippen molar-refractivity contribution in [1.82, 2.24) is 10.0 Å². The molecule has 0 saturated heterocycles. The van der Waals surface area contributed by atoms with Gasteiger partial charge in [0, 0.05) is 25.2 Å². The molecular weight excluding hydrogens is 496 g/mol. The summed E-state index contributed by atoms with van der Waals surface area (Å²) >= 11 is 0. The quantitative estimate of drug-likeness (QED) is 0.489. The first-order chi connectivity index (χ1) is 17.7. The SMILES string of the molecule is Cc1ccccc1S(=O)(=O)NC(=O)NC(Cc1ccccc1C#N)C(=O)N(C)c1ccc2c(c1)OCO2. The molecule has 1 atom stereocenters. The number of urea groups is 1. The number of amides is 3. The molecule has 4 rings (SSSR count). The molecule has 11 heteroatoms. The van der Waals surface area contributed by atoms with E-state index in [0.29, 0.717) is 33.9 Å². The van der Waals surface area contributed by atoms with Gasteiger partial charge in [-0.05, 0) is 42.3 Å². The first-order valence-electron chi connectivity index (χ1n) is 11.2. The monoisotopic (exact) mass is 520 g/mol. The van der Waals surface area contributed by atoms with E-state index in [4.69, 9.17) is 9.47 Å². The number of hydrogen-bond donors (Lipinski definition) is 2. The van der Waals surface area contributed by atoms with Crippen LogP contribution in [0.1, 0.15) is 16.7 Å². The van der Waals surface area contributed by atoms with Gasteiger partial charge in [-0.15, -0.1) is 0 Å². The summed E-state index contributed by atoms with van der Waals surface area (Å²) in [6.45, 7) is 1.68. The Hall–Kier alpha value is -4.56. The fourth-order valence-electron chi connectivity index (χ4n) is 3.90. The maximum atomic E-state index is 13.6. The van der Waals surface area contributed by atoms with Gasteiger partial charge < -0.3 is 19.7 Å². The van der Waals surface area contributed by atoms with Crippen LogP contribution < -0.4 is 24.4 Å². The number of nitriles is 1. The normalized spacial score (nSPS) is 12.8. The number of carbonyl (C=O) groups excluding carboxylic acids is 2. The lowest BCUT2D eigenvalue weighted by Gasteiger charge is -2.25. The van der Waals surface area contributed by atoms with Crippen LogP contribution in [-0.4, -0.2) is 40.2 Å². The van der Waals surface area contributed by atoms with Crippen molar-refractivity contribution < 1.29 is 27.5 Å². The van der Waals surface area contributed by atoms with Crippen LogP contribution in [0.15, 0.2) is 71.6 Å². The number of benzene rings is 3. The molecule has 0 spiro atoms. The Morgan fingerprint density at radius 3 is 2.51 bits per heavy atom. The van der Waals surface area contributed by atoms with Crippen molar-refractivity contribution >= 4 is 27.6 Å². The average molecular weight is 521 g/mol. The highest BCUT2D eigenvalue weighted by molar-refractivity contribution is 7.90. The van der Waals surface area contributed by atoms with Crippen molar-refractivity contribution in [3.8, 4) is 17.6 Å². The lowest BCUT2D eigenvalue weighted by atomic mass is 10.00. The number of likely N-dealkylation sites (N-methyl/N-ethyl adjacent to an activating group) is 1. The maximum Gasteiger partial charge on any atom is 0.329 e. The summed E-state index contributed by atoms with van der Waals surface area (Å²) in [5.41, 5.74) is 1.79. The largest absolute Gasteiger partial charge is 0.454 e. The molecule has 1 aliphatic rings. The van der Waals surface area contributed by atoms with Crippen LogP contribution >= 0.6 is 0 Å². The Balaban J connectivity index is 1.60. The van der Waals surface area contributed by atoms with Gasteiger partial charge in [0.05, 0.1) is 16.5 Å². The van der Waals surface area contributed by atoms with Gasteiger partial charge in [-0.1, -0.05) is 36.4 Å². The molecule has 0 radical (unpaired) electrons. The summed E-state index contributed by atoms with van der Waals surface area (Å²) in [7, 11) is -2.68. The number of sulfonamides is 1. The van der Waals surface area contributed by atoms with Crippen LogP contribution in [0, 0.1) is 18.3 Å². The molecule has 10 nitrogen and oxygen atoms in total. The van der Waals surface area contributed by atoms with Crippen LogP contribution in [0.5, 0.6) is 11.5 Å². The molecule has 37 heavy (non-hydrogen) atoms. The van der Waals surface area contributed by atoms with Crippen molar-refractivity contribution in [2.75, 3.05) is 18.7 Å². The Kier molecular flexibility index (Phi) is 7.31. The van der Waals surface area contributed by atoms with Crippen molar-refractivity contribution in [1.29, 1.82) is 5.26 Å². The number of fused-ring (bicyclic) bond motifs is 1. The first kappa shape index (κ1) is 25.5. The molecule has 1 aliphatic heterocycles. The number of nitrogens with one attached hydrogen (secondary N) is 2. The van der Waals surface area contributed by atoms with E-state index in [1.165, 1.54) is 18.0 Å². The van der Waals surface area contributed by atoms with Crippen molar-refractivity contribution in [2.24, 2.45) is 0 Å². The number of aryl methyl sites for hydroxylation is 1. The zero-order valence-electron chi connectivity index (χ0n) is 20.1. The Morgan fingerprint density at radius 1 is 1.05 bits per heavy atom. The topological polar surface area (TPSA) is 138 Å². The summed E-state index contributed by atoms with van der Waals surface area (Å²) in [6, 6.07) is 17.6. The predicted molar refractivity (Wildman–Crippen MR) is 135 cm³/mol. The first-order valence-corrected chi connectivity index (χ1v) is 12.7. The minimum atomic E-state index is -4.20. The number of rotatable bonds is 7. The van der Waals surface area contributed by atoms with Gasteiger partial charge in [0.25, 0.3) is 10.0 Å². The number of anilines is 1. The molecule has 0 saturated carbocycles. The van der Waals surface area contributed by atoms with Crippen LogP contribution in [0.3, 0.4) is 0 Å². The highest BCUT2D eigenvalue weighted by Gasteiger charge is 2.29. The molecule has 1 heterocycles. The zero-order valence-corrected chi connectivity index (χ0v) is 20.9. The van der Waals surface area contributed by atoms with E-state index in [1.807, 2.05) is 4.72 Å². The minimum absolute atomic E-state index is 0.0463. The van der Waals surface area contributed by atoms with E-state index in [9.17, 15) is 23.3 Å². The fourth-order valence-corrected chi connectivity index (χ4v) is 5.07. The lowest BCUT2D eigenvalue weighted by molar-refractivity contribution is -0.120. The van der Waals surface area contributed by atoms with Crippen molar-refractivity contribution in [3.05, 3.63) is 83.4 Å². The van der Waals surface area contributed by atoms with Gasteiger partial charge >= 0.3 is 6.03 Å². The van der Waals surface area contributed by atoms with Gasteiger partial charge in [-0.25, -0.2) is 17.9 Å². The molecule has 0 aromatic heterocycles. The second-order valence-electron chi connectivity index (χ2n) is 8.30. The van der Waals surface area contributed by atoms with Crippen molar-refractivity contribution in [3.63, 3.8) is 0 Å². The number of nitrogens with zero attached hydrogens (tertiary/aromatic N) is 2. The third-order valence-electron chi connectivity index (χ3n) is 5.85. The molecule has 3 aromatic rings. The van der Waals surface area contributed by atoms with Gasteiger partial charge in [-0.2, -0.15) is 5.26 Å². The summed E-state index contributed by atoms with van der Waals surface area (Å²) < 4.78 is 38.3. The molecule has 3 amide bonds. The van der Waals surface area contributed by atoms with Gasteiger partial charge in [0.1, 0.15) is 6.04 Å². The highest BCUT2D eigenvalue weighted by Crippen LogP contribution is 2.35. The van der Waals surface area contributed by atoms with E-state index >= 15 is 0 Å². The molecule has 190 valence electrons. The summed E-state index contributed by atoms with van der Waals surface area (Å²) in [6.07, 6.45) is -0.0463. The van der Waals surface area contributed by atoms with Gasteiger partial charge in [-0.3, -0.25) is 4.79 Å². The molecule has 2 N–H and O–H groups in total. The molecule has 1 unspecified atom stereocenters. The summed E-state index contributed by atoms with van der Waals surface area (Å²) in [4.78, 5) is 27.7. The highest BCUT2D eigenvalue weighted by atomic mass is 32.2. The lowest BCUT2D eigenvalue weighted by Crippen LogP contribution is -2.52. The van der Waals surface area contributed by atoms with Crippen molar-refractivity contribution in [2.45, 2.75) is 24.3 Å². The molecule has 3 aromatic carbocycles. The maximum absolute atomic E-state index is 13.6. The van der Waals surface area contributed by atoms with Crippen LogP contribution in [-0.2, 0) is 21.2 Å². The minimum Gasteiger partial charge on any atom is -0.454 e. The van der Waals surface area contributed by atoms with E-state index in [1.54, 1.807) is 67.6 Å². The standard InChI is InChI=1S/C26H24N4O6S/c1-17-7-3-6-10-24(17)37(33,34)29-26(32)28-21(13-18-8-4-5-9-19(18)15-27)25(31)30(2)20-11-12-22-23(14-20)36-16-35-22/h3-12,14,21H,13,16H2,1-2H3,(H2,28,29,32). The second kappa shape index (κ2) is 10.6. The zero-order chi connectivity index (χ0) is 26.6. The number of carbonyl (C=O) groups is 2. The Bertz CT molecular complexity index is 1500. The number of ether oxygens (including phenoxy) is 2. The summed E-state index contributed by atoms with van der Waals surface area (Å²) in [5.74, 6) is 0.483. The third kappa shape index (κ3) is 5.65. The predicted octanol–water partition coefficient (Wildman–Crippen LogP) is 2.86. The molecule has 0 bridgehead atoms. The van der Waals surface area contributed by atoms with Gasteiger partial charge in [0.15, 0.2) is 11.5 Å². The Morgan fingerprint density at radius 2 is 1.76 bits per heavy atom. The second-order valence-corrected chi connectivity index (χ2v) is 9.96. The molecule has 0 aliphatic carbocycles. The smallest absolute Gasteiger partial charge is 0.329 e. The van der Waals surface area contributed by atoms with E-state index in [2.05, 4.69) is 11.4 Å². The molecule has 0 fully saturated rings. The Labute approximate surface area is 214 Å².